The summed E-state index contributed by atoms with van der Waals surface area (Å²) in [7, 11) is -0.419. The first kappa shape index (κ1) is 14.4. The van der Waals surface area contributed by atoms with Crippen LogP contribution in [0.15, 0.2) is 64.1 Å². The van der Waals surface area contributed by atoms with E-state index in [1.807, 2.05) is 0 Å². The fourth-order valence-electron chi connectivity index (χ4n) is 1.81. The standard InChI is InChI=1S/C15H16O4S/c1-18-12-4-3-5-14(9-6-12)20(16,17)15-10-7-13(19-2)8-11-15/h3,5-11H,4H2,1-2H3. The molecule has 0 fully saturated rings. The van der Waals surface area contributed by atoms with Crippen LogP contribution < -0.4 is 4.74 Å². The Morgan fingerprint density at radius 3 is 2.30 bits per heavy atom. The van der Waals surface area contributed by atoms with Gasteiger partial charge < -0.3 is 9.47 Å². The van der Waals surface area contributed by atoms with Crippen molar-refractivity contribution < 1.29 is 17.9 Å². The number of hydrogen-bond donors (Lipinski definition) is 0. The van der Waals surface area contributed by atoms with E-state index in [2.05, 4.69) is 0 Å². The molecule has 1 aromatic carbocycles. The number of rotatable bonds is 4. The monoisotopic (exact) mass is 292 g/mol. The van der Waals surface area contributed by atoms with Crippen molar-refractivity contribution in [2.24, 2.45) is 0 Å². The van der Waals surface area contributed by atoms with Gasteiger partial charge in [0.1, 0.15) is 5.75 Å². The van der Waals surface area contributed by atoms with Crippen LogP contribution >= 0.6 is 0 Å². The van der Waals surface area contributed by atoms with E-state index in [0.717, 1.165) is 5.76 Å². The van der Waals surface area contributed by atoms with Crippen molar-refractivity contribution in [2.45, 2.75) is 11.3 Å². The second kappa shape index (κ2) is 5.96. The van der Waals surface area contributed by atoms with Crippen LogP contribution in [-0.4, -0.2) is 22.6 Å². The predicted molar refractivity (Wildman–Crippen MR) is 77.1 cm³/mol. The number of sulfone groups is 1. The topological polar surface area (TPSA) is 52.6 Å². The molecule has 106 valence electrons. The maximum atomic E-state index is 12.5. The van der Waals surface area contributed by atoms with E-state index in [1.165, 1.54) is 19.2 Å². The average Bonchev–Trinajstić information content (AvgIpc) is 2.73. The fourth-order valence-corrected chi connectivity index (χ4v) is 3.10. The van der Waals surface area contributed by atoms with Crippen LogP contribution in [-0.2, 0) is 14.6 Å². The number of hydrogen-bond acceptors (Lipinski definition) is 4. The van der Waals surface area contributed by atoms with Gasteiger partial charge in [0.05, 0.1) is 29.8 Å². The summed E-state index contributed by atoms with van der Waals surface area (Å²) in [6, 6.07) is 6.33. The van der Waals surface area contributed by atoms with Crippen LogP contribution in [0.25, 0.3) is 0 Å². The zero-order valence-electron chi connectivity index (χ0n) is 11.4. The van der Waals surface area contributed by atoms with Gasteiger partial charge in [-0.05, 0) is 42.5 Å². The van der Waals surface area contributed by atoms with Crippen molar-refractivity contribution in [1.29, 1.82) is 0 Å². The van der Waals surface area contributed by atoms with E-state index in [-0.39, 0.29) is 9.80 Å². The highest BCUT2D eigenvalue weighted by Gasteiger charge is 2.19. The van der Waals surface area contributed by atoms with Gasteiger partial charge in [0.25, 0.3) is 0 Å². The molecule has 0 radical (unpaired) electrons. The summed E-state index contributed by atoms with van der Waals surface area (Å²) >= 11 is 0. The first-order valence-corrected chi connectivity index (χ1v) is 7.57. The summed E-state index contributed by atoms with van der Waals surface area (Å²) in [4.78, 5) is 0.484. The van der Waals surface area contributed by atoms with Crippen molar-refractivity contribution in [2.75, 3.05) is 14.2 Å². The van der Waals surface area contributed by atoms with Crippen LogP contribution in [0.2, 0.25) is 0 Å². The molecule has 4 nitrogen and oxygen atoms in total. The third-order valence-corrected chi connectivity index (χ3v) is 4.76. The van der Waals surface area contributed by atoms with Gasteiger partial charge in [0.15, 0.2) is 0 Å². The lowest BCUT2D eigenvalue weighted by molar-refractivity contribution is 0.285. The number of allylic oxidation sites excluding steroid dienone is 4. The molecule has 0 heterocycles. The first-order chi connectivity index (χ1) is 9.57. The molecule has 0 bridgehead atoms. The molecule has 0 N–H and O–H groups in total. The van der Waals surface area contributed by atoms with E-state index in [1.54, 1.807) is 43.5 Å². The zero-order chi connectivity index (χ0) is 14.6. The third-order valence-electron chi connectivity index (χ3n) is 2.98. The summed E-state index contributed by atoms with van der Waals surface area (Å²) in [5.74, 6) is 1.34. The third kappa shape index (κ3) is 2.93. The largest absolute Gasteiger partial charge is 0.501 e. The van der Waals surface area contributed by atoms with E-state index in [4.69, 9.17) is 9.47 Å². The van der Waals surface area contributed by atoms with Crippen molar-refractivity contribution in [1.82, 2.24) is 0 Å². The van der Waals surface area contributed by atoms with Crippen LogP contribution in [0.5, 0.6) is 5.75 Å². The lowest BCUT2D eigenvalue weighted by Crippen LogP contribution is -2.03. The molecule has 5 heteroatoms. The van der Waals surface area contributed by atoms with E-state index in [9.17, 15) is 8.42 Å². The summed E-state index contributed by atoms with van der Waals surface area (Å²) in [5, 5.41) is 0. The fraction of sp³-hybridized carbons (Fsp3) is 0.200. The predicted octanol–water partition coefficient (Wildman–Crippen LogP) is 2.84. The number of ether oxygens (including phenoxy) is 2. The lowest BCUT2D eigenvalue weighted by atomic mass is 10.3. The van der Waals surface area contributed by atoms with Crippen molar-refractivity contribution >= 4 is 9.84 Å². The van der Waals surface area contributed by atoms with Gasteiger partial charge in [-0.15, -0.1) is 0 Å². The molecule has 1 aromatic rings. The Bertz CT molecular complexity index is 664. The molecule has 20 heavy (non-hydrogen) atoms. The summed E-state index contributed by atoms with van der Waals surface area (Å²) in [5.41, 5.74) is 0. The average molecular weight is 292 g/mol. The quantitative estimate of drug-likeness (QED) is 0.856. The maximum absolute atomic E-state index is 12.5. The van der Waals surface area contributed by atoms with Crippen LogP contribution in [0, 0.1) is 0 Å². The highest BCUT2D eigenvalue weighted by Crippen LogP contribution is 2.24. The molecule has 2 rings (SSSR count). The Morgan fingerprint density at radius 2 is 1.70 bits per heavy atom. The maximum Gasteiger partial charge on any atom is 0.206 e. The Hall–Kier alpha value is -2.01. The second-order valence-electron chi connectivity index (χ2n) is 4.19. The molecule has 0 unspecified atom stereocenters. The molecular weight excluding hydrogens is 276 g/mol. The normalized spacial score (nSPS) is 15.1. The minimum absolute atomic E-state index is 0.239. The summed E-state index contributed by atoms with van der Waals surface area (Å²) < 4.78 is 35.2. The van der Waals surface area contributed by atoms with Crippen molar-refractivity contribution in [3.8, 4) is 5.75 Å². The van der Waals surface area contributed by atoms with E-state index < -0.39 is 9.84 Å². The molecule has 0 spiro atoms. The van der Waals surface area contributed by atoms with Crippen LogP contribution in [0.3, 0.4) is 0 Å². The molecule has 0 aliphatic heterocycles. The van der Waals surface area contributed by atoms with Crippen molar-refractivity contribution in [3.63, 3.8) is 0 Å². The Balaban J connectivity index is 2.39. The highest BCUT2D eigenvalue weighted by atomic mass is 32.2. The van der Waals surface area contributed by atoms with Gasteiger partial charge in [-0.25, -0.2) is 8.42 Å². The van der Waals surface area contributed by atoms with Gasteiger partial charge in [0, 0.05) is 6.42 Å². The number of methoxy groups -OCH3 is 2. The first-order valence-electron chi connectivity index (χ1n) is 6.08. The zero-order valence-corrected chi connectivity index (χ0v) is 12.2. The molecule has 0 atom stereocenters. The summed E-state index contributed by atoms with van der Waals surface area (Å²) in [6.45, 7) is 0. The SMILES string of the molecule is COC1=CC=C(S(=O)(=O)c2ccc(OC)cc2)C=CC1. The van der Waals surface area contributed by atoms with Crippen LogP contribution in [0.1, 0.15) is 6.42 Å². The smallest absolute Gasteiger partial charge is 0.206 e. The molecular formula is C15H16O4S. The summed E-state index contributed by atoms with van der Waals surface area (Å²) in [6.07, 6.45) is 7.18. The molecule has 0 saturated carbocycles. The lowest BCUT2D eigenvalue weighted by Gasteiger charge is -2.05. The molecule has 0 amide bonds. The molecule has 0 aromatic heterocycles. The number of benzene rings is 1. The second-order valence-corrected chi connectivity index (χ2v) is 6.14. The highest BCUT2D eigenvalue weighted by molar-refractivity contribution is 7.95. The van der Waals surface area contributed by atoms with Crippen molar-refractivity contribution in [3.05, 3.63) is 59.2 Å². The Labute approximate surface area is 118 Å². The molecule has 1 aliphatic rings. The van der Waals surface area contributed by atoms with Gasteiger partial charge >= 0.3 is 0 Å². The van der Waals surface area contributed by atoms with E-state index in [0.29, 0.717) is 12.2 Å². The van der Waals surface area contributed by atoms with E-state index >= 15 is 0 Å². The van der Waals surface area contributed by atoms with Gasteiger partial charge in [-0.1, -0.05) is 6.08 Å². The minimum Gasteiger partial charge on any atom is -0.501 e. The molecule has 0 saturated heterocycles. The van der Waals surface area contributed by atoms with Gasteiger partial charge in [-0.3, -0.25) is 0 Å². The van der Waals surface area contributed by atoms with Gasteiger partial charge in [-0.2, -0.15) is 0 Å². The molecule has 1 aliphatic carbocycles. The Kier molecular flexibility index (Phi) is 4.29. The van der Waals surface area contributed by atoms with Gasteiger partial charge in [0.2, 0.25) is 9.84 Å². The minimum atomic E-state index is -3.52. The van der Waals surface area contributed by atoms with Crippen LogP contribution in [0.4, 0.5) is 0 Å². The Morgan fingerprint density at radius 1 is 1.00 bits per heavy atom.